The number of rotatable bonds is 4. The highest BCUT2D eigenvalue weighted by atomic mass is 16.5. The molecule has 2 unspecified atom stereocenters. The van der Waals surface area contributed by atoms with E-state index >= 15 is 0 Å². The average Bonchev–Trinajstić information content (AvgIpc) is 2.88. The van der Waals surface area contributed by atoms with Gasteiger partial charge >= 0.3 is 5.97 Å². The highest BCUT2D eigenvalue weighted by Crippen LogP contribution is 2.35. The van der Waals surface area contributed by atoms with E-state index in [4.69, 9.17) is 4.74 Å². The van der Waals surface area contributed by atoms with Crippen molar-refractivity contribution in [2.75, 3.05) is 6.61 Å². The first-order valence-electron chi connectivity index (χ1n) is 6.97. The SMILES string of the molecule is CCOC(=O)c1cnn(C2CCCCC2CC)c1. The molecule has 2 rings (SSSR count). The van der Waals surface area contributed by atoms with Gasteiger partial charge < -0.3 is 4.74 Å². The minimum atomic E-state index is -0.271. The molecule has 2 atom stereocenters. The van der Waals surface area contributed by atoms with Crippen LogP contribution in [0.1, 0.15) is 62.4 Å². The molecular weight excluding hydrogens is 228 g/mol. The molecule has 0 aromatic carbocycles. The van der Waals surface area contributed by atoms with Gasteiger partial charge in [0.05, 0.1) is 24.4 Å². The molecule has 1 aliphatic carbocycles. The summed E-state index contributed by atoms with van der Waals surface area (Å²) in [5, 5.41) is 4.36. The minimum Gasteiger partial charge on any atom is -0.462 e. The maximum absolute atomic E-state index is 11.6. The first-order valence-corrected chi connectivity index (χ1v) is 6.97. The Bertz CT molecular complexity index is 400. The number of carbonyl (C=O) groups is 1. The van der Waals surface area contributed by atoms with Gasteiger partial charge in [-0.1, -0.05) is 26.2 Å². The number of carbonyl (C=O) groups excluding carboxylic acids is 1. The lowest BCUT2D eigenvalue weighted by Crippen LogP contribution is -2.23. The summed E-state index contributed by atoms with van der Waals surface area (Å²) in [6, 6.07) is 0.451. The van der Waals surface area contributed by atoms with Crippen molar-refractivity contribution >= 4 is 5.97 Å². The second-order valence-electron chi connectivity index (χ2n) is 4.95. The number of hydrogen-bond acceptors (Lipinski definition) is 3. The summed E-state index contributed by atoms with van der Waals surface area (Å²) >= 11 is 0. The molecule has 1 heterocycles. The molecule has 0 bridgehead atoms. The highest BCUT2D eigenvalue weighted by Gasteiger charge is 2.26. The molecular formula is C14H22N2O2. The zero-order chi connectivity index (χ0) is 13.0. The summed E-state index contributed by atoms with van der Waals surface area (Å²) in [5.41, 5.74) is 0.567. The van der Waals surface area contributed by atoms with E-state index in [1.54, 1.807) is 6.20 Å². The molecule has 0 aliphatic heterocycles. The van der Waals surface area contributed by atoms with E-state index in [1.165, 1.54) is 32.1 Å². The van der Waals surface area contributed by atoms with Crippen molar-refractivity contribution in [2.24, 2.45) is 5.92 Å². The van der Waals surface area contributed by atoms with E-state index < -0.39 is 0 Å². The molecule has 1 aromatic rings. The Balaban J connectivity index is 2.10. The molecule has 0 spiro atoms. The first-order chi connectivity index (χ1) is 8.76. The van der Waals surface area contributed by atoms with Crippen LogP contribution in [0.4, 0.5) is 0 Å². The third-order valence-electron chi connectivity index (χ3n) is 3.85. The maximum Gasteiger partial charge on any atom is 0.341 e. The van der Waals surface area contributed by atoms with E-state index in [1.807, 2.05) is 17.8 Å². The summed E-state index contributed by atoms with van der Waals surface area (Å²) in [6.07, 6.45) is 9.67. The van der Waals surface area contributed by atoms with E-state index in [0.29, 0.717) is 24.1 Å². The second kappa shape index (κ2) is 6.03. The molecule has 1 aliphatic rings. The smallest absolute Gasteiger partial charge is 0.341 e. The van der Waals surface area contributed by atoms with Crippen LogP contribution in [0, 0.1) is 5.92 Å². The Morgan fingerprint density at radius 1 is 1.44 bits per heavy atom. The summed E-state index contributed by atoms with van der Waals surface area (Å²) in [7, 11) is 0. The molecule has 0 radical (unpaired) electrons. The molecule has 18 heavy (non-hydrogen) atoms. The van der Waals surface area contributed by atoms with Gasteiger partial charge in [0.2, 0.25) is 0 Å². The van der Waals surface area contributed by atoms with Crippen LogP contribution in [0.25, 0.3) is 0 Å². The van der Waals surface area contributed by atoms with Crippen LogP contribution in [0.5, 0.6) is 0 Å². The Labute approximate surface area is 108 Å². The number of esters is 1. The van der Waals surface area contributed by atoms with Gasteiger partial charge in [0.15, 0.2) is 0 Å². The van der Waals surface area contributed by atoms with E-state index in [9.17, 15) is 4.79 Å². The standard InChI is InChI=1S/C14H22N2O2/c1-3-11-7-5-6-8-13(11)16-10-12(9-15-16)14(17)18-4-2/h9-11,13H,3-8H2,1-2H3. The van der Waals surface area contributed by atoms with Gasteiger partial charge in [-0.2, -0.15) is 5.10 Å². The van der Waals surface area contributed by atoms with Crippen LogP contribution in [-0.4, -0.2) is 22.4 Å². The molecule has 1 aromatic heterocycles. The van der Waals surface area contributed by atoms with Gasteiger partial charge in [-0.05, 0) is 25.7 Å². The summed E-state index contributed by atoms with van der Waals surface area (Å²) < 4.78 is 6.96. The third kappa shape index (κ3) is 2.74. The Morgan fingerprint density at radius 3 is 2.94 bits per heavy atom. The van der Waals surface area contributed by atoms with Crippen LogP contribution in [0.2, 0.25) is 0 Å². The lowest BCUT2D eigenvalue weighted by atomic mass is 9.83. The predicted molar refractivity (Wildman–Crippen MR) is 69.5 cm³/mol. The Kier molecular flexibility index (Phi) is 4.39. The zero-order valence-electron chi connectivity index (χ0n) is 11.3. The largest absolute Gasteiger partial charge is 0.462 e. The lowest BCUT2D eigenvalue weighted by Gasteiger charge is -2.30. The zero-order valence-corrected chi connectivity index (χ0v) is 11.3. The van der Waals surface area contributed by atoms with Crippen LogP contribution < -0.4 is 0 Å². The molecule has 1 fully saturated rings. The fraction of sp³-hybridized carbons (Fsp3) is 0.714. The van der Waals surface area contributed by atoms with Gasteiger partial charge in [0, 0.05) is 6.20 Å². The minimum absolute atomic E-state index is 0.271. The first kappa shape index (κ1) is 13.1. The molecule has 0 N–H and O–H groups in total. The molecule has 4 heteroatoms. The van der Waals surface area contributed by atoms with Gasteiger partial charge in [0.1, 0.15) is 0 Å². The van der Waals surface area contributed by atoms with Gasteiger partial charge in [-0.3, -0.25) is 4.68 Å². The van der Waals surface area contributed by atoms with E-state index in [2.05, 4.69) is 12.0 Å². The third-order valence-corrected chi connectivity index (χ3v) is 3.85. The monoisotopic (exact) mass is 250 g/mol. The van der Waals surface area contributed by atoms with E-state index in [-0.39, 0.29) is 5.97 Å². The fourth-order valence-electron chi connectivity index (χ4n) is 2.85. The Morgan fingerprint density at radius 2 is 2.22 bits per heavy atom. The van der Waals surface area contributed by atoms with E-state index in [0.717, 1.165) is 0 Å². The number of ether oxygens (including phenoxy) is 1. The molecule has 100 valence electrons. The van der Waals surface area contributed by atoms with Crippen LogP contribution in [-0.2, 0) is 4.74 Å². The van der Waals surface area contributed by atoms with Crippen molar-refractivity contribution in [1.82, 2.24) is 9.78 Å². The quantitative estimate of drug-likeness (QED) is 0.771. The Hall–Kier alpha value is -1.32. The predicted octanol–water partition coefficient (Wildman–Crippen LogP) is 3.20. The average molecular weight is 250 g/mol. The van der Waals surface area contributed by atoms with Crippen LogP contribution >= 0.6 is 0 Å². The van der Waals surface area contributed by atoms with Gasteiger partial charge in [-0.15, -0.1) is 0 Å². The fourth-order valence-corrected chi connectivity index (χ4v) is 2.85. The summed E-state index contributed by atoms with van der Waals surface area (Å²) in [4.78, 5) is 11.6. The molecule has 0 saturated heterocycles. The molecule has 0 amide bonds. The van der Waals surface area contributed by atoms with Crippen molar-refractivity contribution in [3.63, 3.8) is 0 Å². The van der Waals surface area contributed by atoms with Crippen molar-refractivity contribution in [1.29, 1.82) is 0 Å². The van der Waals surface area contributed by atoms with Crippen LogP contribution in [0.15, 0.2) is 12.4 Å². The lowest BCUT2D eigenvalue weighted by molar-refractivity contribution is 0.0526. The van der Waals surface area contributed by atoms with Crippen molar-refractivity contribution in [3.05, 3.63) is 18.0 Å². The number of nitrogens with zero attached hydrogens (tertiary/aromatic N) is 2. The summed E-state index contributed by atoms with van der Waals surface area (Å²) in [6.45, 7) is 4.46. The molecule has 4 nitrogen and oxygen atoms in total. The normalized spacial score (nSPS) is 23.9. The maximum atomic E-state index is 11.6. The number of aromatic nitrogens is 2. The van der Waals surface area contributed by atoms with Crippen molar-refractivity contribution in [2.45, 2.75) is 52.0 Å². The highest BCUT2D eigenvalue weighted by molar-refractivity contribution is 5.88. The van der Waals surface area contributed by atoms with Gasteiger partial charge in [-0.25, -0.2) is 4.79 Å². The number of hydrogen-bond donors (Lipinski definition) is 0. The van der Waals surface area contributed by atoms with Gasteiger partial charge in [0.25, 0.3) is 0 Å². The second-order valence-corrected chi connectivity index (χ2v) is 4.95. The van der Waals surface area contributed by atoms with Crippen LogP contribution in [0.3, 0.4) is 0 Å². The van der Waals surface area contributed by atoms with Crippen molar-refractivity contribution in [3.8, 4) is 0 Å². The topological polar surface area (TPSA) is 44.1 Å². The molecule has 1 saturated carbocycles. The van der Waals surface area contributed by atoms with Crippen molar-refractivity contribution < 1.29 is 9.53 Å². The summed E-state index contributed by atoms with van der Waals surface area (Å²) in [5.74, 6) is 0.418.